The molecule has 0 aliphatic carbocycles. The first-order chi connectivity index (χ1) is 15.1. The standard InChI is InChI=1S/C19H13F4N3O5S/c1-26-13(28)6-11(18(26)29)32-17-8(3-2-4-24-17)19(30)31-7-12(27)25-16-14(22)9(20)5-10(21)15(16)23/h2-5,11H,6-7H2,1H3,(H,25,27). The van der Waals surface area contributed by atoms with Gasteiger partial charge in [0.05, 0.1) is 10.8 Å². The number of halogens is 4. The monoisotopic (exact) mass is 471 g/mol. The average molecular weight is 471 g/mol. The summed E-state index contributed by atoms with van der Waals surface area (Å²) < 4.78 is 58.5. The minimum atomic E-state index is -1.82. The highest BCUT2D eigenvalue weighted by molar-refractivity contribution is 8.00. The van der Waals surface area contributed by atoms with E-state index in [0.29, 0.717) is 0 Å². The number of nitrogens with one attached hydrogen (secondary N) is 1. The van der Waals surface area contributed by atoms with Gasteiger partial charge in [0, 0.05) is 25.7 Å². The van der Waals surface area contributed by atoms with Crippen LogP contribution < -0.4 is 5.32 Å². The number of anilines is 1. The van der Waals surface area contributed by atoms with Crippen molar-refractivity contribution < 1.29 is 41.5 Å². The maximum atomic E-state index is 13.6. The SMILES string of the molecule is CN1C(=O)CC(Sc2ncccc2C(=O)OCC(=O)Nc2c(F)c(F)cc(F)c2F)C1=O. The van der Waals surface area contributed by atoms with Crippen LogP contribution in [-0.2, 0) is 19.1 Å². The van der Waals surface area contributed by atoms with Gasteiger partial charge in [-0.1, -0.05) is 11.8 Å². The summed E-state index contributed by atoms with van der Waals surface area (Å²) in [5.74, 6) is -10.3. The van der Waals surface area contributed by atoms with Crippen molar-refractivity contribution in [2.24, 2.45) is 0 Å². The van der Waals surface area contributed by atoms with Crippen molar-refractivity contribution in [1.29, 1.82) is 0 Å². The number of benzene rings is 1. The van der Waals surface area contributed by atoms with E-state index in [1.165, 1.54) is 25.4 Å². The van der Waals surface area contributed by atoms with Gasteiger partial charge in [-0.05, 0) is 12.1 Å². The van der Waals surface area contributed by atoms with E-state index in [1.54, 1.807) is 5.32 Å². The maximum Gasteiger partial charge on any atom is 0.341 e. The molecule has 0 saturated carbocycles. The third-order valence-electron chi connectivity index (χ3n) is 4.30. The molecule has 1 fully saturated rings. The zero-order valence-electron chi connectivity index (χ0n) is 16.2. The van der Waals surface area contributed by atoms with Crippen molar-refractivity contribution in [3.05, 3.63) is 53.2 Å². The van der Waals surface area contributed by atoms with E-state index < -0.39 is 64.5 Å². The van der Waals surface area contributed by atoms with Gasteiger partial charge in [-0.25, -0.2) is 27.3 Å². The lowest BCUT2D eigenvalue weighted by Gasteiger charge is -2.12. The number of amides is 3. The Morgan fingerprint density at radius 3 is 2.47 bits per heavy atom. The molecule has 32 heavy (non-hydrogen) atoms. The number of imide groups is 1. The number of likely N-dealkylation sites (tertiary alicyclic amines) is 1. The zero-order chi connectivity index (χ0) is 23.6. The number of carbonyl (C=O) groups excluding carboxylic acids is 4. The minimum Gasteiger partial charge on any atom is -0.452 e. The maximum absolute atomic E-state index is 13.6. The lowest BCUT2D eigenvalue weighted by atomic mass is 10.2. The number of hydrogen-bond donors (Lipinski definition) is 1. The van der Waals surface area contributed by atoms with E-state index in [4.69, 9.17) is 4.74 Å². The summed E-state index contributed by atoms with van der Waals surface area (Å²) in [6.07, 6.45) is 1.25. The molecule has 1 aromatic carbocycles. The first kappa shape index (κ1) is 23.2. The van der Waals surface area contributed by atoms with Gasteiger partial charge in [0.25, 0.3) is 5.91 Å². The molecule has 2 aromatic rings. The van der Waals surface area contributed by atoms with E-state index >= 15 is 0 Å². The number of carbonyl (C=O) groups is 4. The predicted molar refractivity (Wildman–Crippen MR) is 101 cm³/mol. The minimum absolute atomic E-state index is 0.0254. The number of thioether (sulfide) groups is 1. The second-order valence-corrected chi connectivity index (χ2v) is 7.62. The van der Waals surface area contributed by atoms with Crippen molar-refractivity contribution in [2.45, 2.75) is 16.7 Å². The first-order valence-electron chi connectivity index (χ1n) is 8.82. The highest BCUT2D eigenvalue weighted by Gasteiger charge is 2.37. The Bertz CT molecular complexity index is 1100. The molecule has 0 radical (unpaired) electrons. The van der Waals surface area contributed by atoms with Crippen LogP contribution in [0.1, 0.15) is 16.8 Å². The highest BCUT2D eigenvalue weighted by Crippen LogP contribution is 2.32. The van der Waals surface area contributed by atoms with Gasteiger partial charge in [0.15, 0.2) is 29.9 Å². The Hall–Kier alpha value is -3.48. The van der Waals surface area contributed by atoms with Crippen LogP contribution in [0.5, 0.6) is 0 Å². The van der Waals surface area contributed by atoms with Crippen LogP contribution in [-0.4, -0.2) is 52.5 Å². The molecule has 1 aliphatic rings. The van der Waals surface area contributed by atoms with Crippen LogP contribution in [0.4, 0.5) is 23.2 Å². The Labute approximate surface area is 181 Å². The van der Waals surface area contributed by atoms with E-state index in [1.807, 2.05) is 0 Å². The average Bonchev–Trinajstić information content (AvgIpc) is 3.00. The molecule has 13 heteroatoms. The summed E-state index contributed by atoms with van der Waals surface area (Å²) in [6, 6.07) is 2.65. The van der Waals surface area contributed by atoms with E-state index in [9.17, 15) is 36.7 Å². The van der Waals surface area contributed by atoms with Gasteiger partial charge in [0.1, 0.15) is 10.7 Å². The molecule has 3 amide bonds. The molecule has 0 spiro atoms. The zero-order valence-corrected chi connectivity index (χ0v) is 17.0. The smallest absolute Gasteiger partial charge is 0.341 e. The Morgan fingerprint density at radius 1 is 1.22 bits per heavy atom. The summed E-state index contributed by atoms with van der Waals surface area (Å²) in [6.45, 7) is -1.04. The lowest BCUT2D eigenvalue weighted by molar-refractivity contribution is -0.136. The third-order valence-corrected chi connectivity index (χ3v) is 5.50. The normalized spacial score (nSPS) is 15.8. The lowest BCUT2D eigenvalue weighted by Crippen LogP contribution is -2.26. The van der Waals surface area contributed by atoms with Crippen molar-refractivity contribution in [3.63, 3.8) is 0 Å². The summed E-state index contributed by atoms with van der Waals surface area (Å²) in [5, 5.41) is 0.860. The van der Waals surface area contributed by atoms with Crippen molar-refractivity contribution in [2.75, 3.05) is 19.0 Å². The molecule has 8 nitrogen and oxygen atoms in total. The number of aromatic nitrogens is 1. The molecule has 168 valence electrons. The number of pyridine rings is 1. The van der Waals surface area contributed by atoms with Gasteiger partial charge in [-0.15, -0.1) is 0 Å². The summed E-state index contributed by atoms with van der Waals surface area (Å²) in [5.41, 5.74) is -1.50. The predicted octanol–water partition coefficient (Wildman–Crippen LogP) is 2.28. The van der Waals surface area contributed by atoms with E-state index in [2.05, 4.69) is 4.98 Å². The molecule has 1 atom stereocenters. The van der Waals surface area contributed by atoms with Crippen LogP contribution in [0.25, 0.3) is 0 Å². The quantitative estimate of drug-likeness (QED) is 0.298. The molecular weight excluding hydrogens is 458 g/mol. The molecule has 3 rings (SSSR count). The van der Waals surface area contributed by atoms with E-state index in [-0.39, 0.29) is 23.1 Å². The van der Waals surface area contributed by atoms with Gasteiger partial charge >= 0.3 is 5.97 Å². The molecule has 1 saturated heterocycles. The Kier molecular flexibility index (Phi) is 6.77. The van der Waals surface area contributed by atoms with Gasteiger partial charge in [-0.3, -0.25) is 19.3 Å². The van der Waals surface area contributed by atoms with Crippen molar-refractivity contribution >= 4 is 41.1 Å². The Morgan fingerprint density at radius 2 is 1.88 bits per heavy atom. The van der Waals surface area contributed by atoms with Crippen LogP contribution in [0.2, 0.25) is 0 Å². The third kappa shape index (κ3) is 4.72. The number of hydrogen-bond acceptors (Lipinski definition) is 7. The largest absolute Gasteiger partial charge is 0.452 e. The van der Waals surface area contributed by atoms with Gasteiger partial charge in [-0.2, -0.15) is 0 Å². The molecule has 2 heterocycles. The van der Waals surface area contributed by atoms with Crippen LogP contribution in [0.15, 0.2) is 29.4 Å². The fourth-order valence-corrected chi connectivity index (χ4v) is 3.81. The summed E-state index contributed by atoms with van der Waals surface area (Å²) in [4.78, 5) is 52.9. The molecule has 1 aliphatic heterocycles. The van der Waals surface area contributed by atoms with Crippen molar-refractivity contribution in [1.82, 2.24) is 9.88 Å². The summed E-state index contributed by atoms with van der Waals surface area (Å²) >= 11 is 0.859. The van der Waals surface area contributed by atoms with Crippen LogP contribution in [0.3, 0.4) is 0 Å². The fourth-order valence-electron chi connectivity index (χ4n) is 2.66. The second kappa shape index (κ2) is 9.34. The number of rotatable bonds is 6. The fraction of sp³-hybridized carbons (Fsp3) is 0.211. The molecule has 1 unspecified atom stereocenters. The number of nitrogens with zero attached hydrogens (tertiary/aromatic N) is 2. The van der Waals surface area contributed by atoms with Gasteiger partial charge in [0.2, 0.25) is 11.8 Å². The Balaban J connectivity index is 1.67. The second-order valence-electron chi connectivity index (χ2n) is 6.43. The number of ether oxygens (including phenoxy) is 1. The first-order valence-corrected chi connectivity index (χ1v) is 9.70. The molecule has 1 N–H and O–H groups in total. The highest BCUT2D eigenvalue weighted by atomic mass is 32.2. The van der Waals surface area contributed by atoms with Crippen LogP contribution >= 0.6 is 11.8 Å². The number of esters is 1. The molecule has 0 bridgehead atoms. The molecule has 1 aromatic heterocycles. The topological polar surface area (TPSA) is 106 Å². The van der Waals surface area contributed by atoms with Crippen LogP contribution in [0, 0.1) is 23.3 Å². The van der Waals surface area contributed by atoms with E-state index in [0.717, 1.165) is 16.7 Å². The van der Waals surface area contributed by atoms with Crippen molar-refractivity contribution in [3.8, 4) is 0 Å². The molecular formula is C19H13F4N3O5S. The van der Waals surface area contributed by atoms with Gasteiger partial charge < -0.3 is 10.1 Å². The summed E-state index contributed by atoms with van der Waals surface area (Å²) in [7, 11) is 1.33.